The molecule has 0 saturated carbocycles. The number of benzene rings is 1. The maximum atomic E-state index is 11.0. The van der Waals surface area contributed by atoms with Crippen molar-refractivity contribution in [2.75, 3.05) is 0 Å². The van der Waals surface area contributed by atoms with Gasteiger partial charge in [0.05, 0.1) is 0 Å². The van der Waals surface area contributed by atoms with E-state index in [9.17, 15) is 15.3 Å². The summed E-state index contributed by atoms with van der Waals surface area (Å²) in [5.41, 5.74) is 1.86. The Morgan fingerprint density at radius 2 is 2.17 bits per heavy atom. The molecule has 0 radical (unpaired) electrons. The Labute approximate surface area is 140 Å². The molecule has 0 bridgehead atoms. The summed E-state index contributed by atoms with van der Waals surface area (Å²) in [4.78, 5) is 14.9. The lowest BCUT2D eigenvalue weighted by Crippen LogP contribution is -2.19. The number of nitrogens with zero attached hydrogens (tertiary/aromatic N) is 4. The van der Waals surface area contributed by atoms with Crippen LogP contribution in [0.4, 0.5) is 0 Å². The van der Waals surface area contributed by atoms with Gasteiger partial charge in [0.1, 0.15) is 5.71 Å². The number of hydrogen-bond donors (Lipinski definition) is 1. The van der Waals surface area contributed by atoms with E-state index < -0.39 is 6.04 Å². The maximum Gasteiger partial charge on any atom is 0.231 e. The molecule has 0 amide bonds. The third-order valence-electron chi connectivity index (χ3n) is 3.83. The lowest BCUT2D eigenvalue weighted by Gasteiger charge is -2.10. The summed E-state index contributed by atoms with van der Waals surface area (Å²) >= 11 is 0. The summed E-state index contributed by atoms with van der Waals surface area (Å²) in [6, 6.07) is 8.96. The zero-order chi connectivity index (χ0) is 17.5. The summed E-state index contributed by atoms with van der Waals surface area (Å²) < 4.78 is 1.84. The van der Waals surface area contributed by atoms with Gasteiger partial charge in [0.15, 0.2) is 5.82 Å². The van der Waals surface area contributed by atoms with Crippen molar-refractivity contribution in [1.29, 1.82) is 0 Å². The molecule has 0 spiro atoms. The highest BCUT2D eigenvalue weighted by atomic mass is 16.6. The van der Waals surface area contributed by atoms with Gasteiger partial charge >= 0.3 is 0 Å². The molecule has 126 valence electrons. The van der Waals surface area contributed by atoms with Gasteiger partial charge in [-0.2, -0.15) is 0 Å². The molecule has 0 saturated heterocycles. The molecule has 2 aromatic rings. The molecular weight excluding hydrogens is 308 g/mol. The van der Waals surface area contributed by atoms with E-state index in [1.807, 2.05) is 41.8 Å². The highest BCUT2D eigenvalue weighted by Gasteiger charge is 2.20. The zero-order valence-corrected chi connectivity index (χ0v) is 13.7. The van der Waals surface area contributed by atoms with Crippen LogP contribution in [0.15, 0.2) is 59.5 Å². The van der Waals surface area contributed by atoms with E-state index in [-0.39, 0.29) is 10.6 Å². The predicted octanol–water partition coefficient (Wildman–Crippen LogP) is 3.11. The Morgan fingerprint density at radius 3 is 2.75 bits per heavy atom. The standard InChI is InChI=1S/C17H20N4O3/c1-3-15(13(2)21(23)24)11-16(19-22)17-18-9-10-20(17)12-14-7-5-4-6-8-14/h4-11,13,22H,3,12H2,1-2H3/b15-11+,19-16+. The van der Waals surface area contributed by atoms with Crippen molar-refractivity contribution < 1.29 is 10.1 Å². The van der Waals surface area contributed by atoms with Crippen molar-refractivity contribution in [2.24, 2.45) is 5.16 Å². The van der Waals surface area contributed by atoms with E-state index in [0.717, 1.165) is 5.56 Å². The monoisotopic (exact) mass is 328 g/mol. The predicted molar refractivity (Wildman–Crippen MR) is 90.9 cm³/mol. The molecule has 1 atom stereocenters. The number of hydrogen-bond acceptors (Lipinski definition) is 5. The second-order valence-corrected chi connectivity index (χ2v) is 5.38. The second kappa shape index (κ2) is 8.05. The minimum absolute atomic E-state index is 0.210. The third-order valence-corrected chi connectivity index (χ3v) is 3.83. The third kappa shape index (κ3) is 4.07. The Morgan fingerprint density at radius 1 is 1.46 bits per heavy atom. The highest BCUT2D eigenvalue weighted by Crippen LogP contribution is 2.13. The van der Waals surface area contributed by atoms with E-state index in [1.165, 1.54) is 13.0 Å². The minimum Gasteiger partial charge on any atom is -0.410 e. The van der Waals surface area contributed by atoms with Crippen LogP contribution in [0, 0.1) is 10.1 Å². The topological polar surface area (TPSA) is 93.6 Å². The molecule has 0 aliphatic carbocycles. The molecule has 1 N–H and O–H groups in total. The van der Waals surface area contributed by atoms with Gasteiger partial charge in [0.25, 0.3) is 0 Å². The smallest absolute Gasteiger partial charge is 0.231 e. The number of nitro groups is 1. The highest BCUT2D eigenvalue weighted by molar-refractivity contribution is 6.06. The first-order chi connectivity index (χ1) is 11.6. The minimum atomic E-state index is -0.843. The quantitative estimate of drug-likeness (QED) is 0.366. The average Bonchev–Trinajstić information content (AvgIpc) is 3.04. The molecular formula is C17H20N4O3. The summed E-state index contributed by atoms with van der Waals surface area (Å²) in [6.45, 7) is 3.91. The SMILES string of the molecule is CC/C(=C\C(=N/O)c1nccn1Cc1ccccc1)C(C)[N+](=O)[O-]. The van der Waals surface area contributed by atoms with Gasteiger partial charge in [-0.3, -0.25) is 10.1 Å². The van der Waals surface area contributed by atoms with E-state index in [4.69, 9.17) is 0 Å². The van der Waals surface area contributed by atoms with Gasteiger partial charge in [0.2, 0.25) is 6.04 Å². The van der Waals surface area contributed by atoms with Crippen LogP contribution in [-0.4, -0.2) is 31.4 Å². The average molecular weight is 328 g/mol. The molecule has 7 heteroatoms. The lowest BCUT2D eigenvalue weighted by molar-refractivity contribution is -0.507. The van der Waals surface area contributed by atoms with Gasteiger partial charge in [0, 0.05) is 36.4 Å². The molecule has 0 aliphatic heterocycles. The molecule has 0 fully saturated rings. The largest absolute Gasteiger partial charge is 0.410 e. The van der Waals surface area contributed by atoms with Crippen LogP contribution in [0.5, 0.6) is 0 Å². The van der Waals surface area contributed by atoms with Crippen molar-refractivity contribution in [3.05, 3.63) is 75.9 Å². The lowest BCUT2D eigenvalue weighted by atomic mass is 10.0. The first-order valence-electron chi connectivity index (χ1n) is 7.68. The number of allylic oxidation sites excluding steroid dienone is 1. The van der Waals surface area contributed by atoms with Crippen molar-refractivity contribution in [3.63, 3.8) is 0 Å². The van der Waals surface area contributed by atoms with E-state index >= 15 is 0 Å². The summed E-state index contributed by atoms with van der Waals surface area (Å²) in [5, 5.41) is 23.7. The first-order valence-corrected chi connectivity index (χ1v) is 7.68. The van der Waals surface area contributed by atoms with E-state index in [0.29, 0.717) is 24.4 Å². The van der Waals surface area contributed by atoms with Crippen LogP contribution >= 0.6 is 0 Å². The van der Waals surface area contributed by atoms with Crippen LogP contribution in [0.3, 0.4) is 0 Å². The number of aromatic nitrogens is 2. The van der Waals surface area contributed by atoms with Crippen LogP contribution in [0.2, 0.25) is 0 Å². The van der Waals surface area contributed by atoms with Crippen LogP contribution in [0.25, 0.3) is 0 Å². The van der Waals surface area contributed by atoms with E-state index in [1.54, 1.807) is 12.4 Å². The zero-order valence-electron chi connectivity index (χ0n) is 13.7. The van der Waals surface area contributed by atoms with Gasteiger partial charge in [-0.05, 0) is 18.1 Å². The van der Waals surface area contributed by atoms with Crippen molar-refractivity contribution in [2.45, 2.75) is 32.9 Å². The van der Waals surface area contributed by atoms with Gasteiger partial charge in [-0.1, -0.05) is 42.4 Å². The Kier molecular flexibility index (Phi) is 5.83. The molecule has 1 aromatic carbocycles. The molecule has 7 nitrogen and oxygen atoms in total. The van der Waals surface area contributed by atoms with Crippen LogP contribution in [0.1, 0.15) is 31.7 Å². The van der Waals surface area contributed by atoms with E-state index in [2.05, 4.69) is 10.1 Å². The molecule has 24 heavy (non-hydrogen) atoms. The fourth-order valence-electron chi connectivity index (χ4n) is 2.42. The maximum absolute atomic E-state index is 11.0. The van der Waals surface area contributed by atoms with Crippen molar-refractivity contribution >= 4 is 5.71 Å². The summed E-state index contributed by atoms with van der Waals surface area (Å²) in [7, 11) is 0. The molecule has 2 rings (SSSR count). The molecule has 1 unspecified atom stereocenters. The van der Waals surface area contributed by atoms with Crippen LogP contribution < -0.4 is 0 Å². The normalized spacial score (nSPS) is 13.8. The Balaban J connectivity index is 2.32. The fourth-order valence-corrected chi connectivity index (χ4v) is 2.42. The number of oxime groups is 1. The Bertz CT molecular complexity index is 750. The summed E-state index contributed by atoms with van der Waals surface area (Å²) in [5.74, 6) is 0.461. The van der Waals surface area contributed by atoms with Crippen molar-refractivity contribution in [3.8, 4) is 0 Å². The molecule has 1 heterocycles. The Hall–Kier alpha value is -2.96. The van der Waals surface area contributed by atoms with Crippen molar-refractivity contribution in [1.82, 2.24) is 9.55 Å². The van der Waals surface area contributed by atoms with Gasteiger partial charge in [-0.15, -0.1) is 0 Å². The molecule has 1 aromatic heterocycles. The van der Waals surface area contributed by atoms with Gasteiger partial charge in [-0.25, -0.2) is 4.98 Å². The van der Waals surface area contributed by atoms with Gasteiger partial charge < -0.3 is 9.77 Å². The van der Waals surface area contributed by atoms with Crippen LogP contribution in [-0.2, 0) is 6.54 Å². The summed E-state index contributed by atoms with van der Waals surface area (Å²) in [6.07, 6.45) is 5.42. The molecule has 0 aliphatic rings. The second-order valence-electron chi connectivity index (χ2n) is 5.38. The first kappa shape index (κ1) is 17.4. The fraction of sp³-hybridized carbons (Fsp3) is 0.294. The number of rotatable bonds is 7. The number of imidazole rings is 1.